The first-order valence-electron chi connectivity index (χ1n) is 7.48. The Kier molecular flexibility index (Phi) is 6.33. The fourth-order valence-corrected chi connectivity index (χ4v) is 2.76. The van der Waals surface area contributed by atoms with Crippen molar-refractivity contribution in [2.45, 2.75) is 11.0 Å². The van der Waals surface area contributed by atoms with Gasteiger partial charge in [0.1, 0.15) is 5.75 Å². The summed E-state index contributed by atoms with van der Waals surface area (Å²) in [5.74, 6) is 0.304. The highest BCUT2D eigenvalue weighted by Gasteiger charge is 2.18. The predicted molar refractivity (Wildman–Crippen MR) is 90.6 cm³/mol. The van der Waals surface area contributed by atoms with Gasteiger partial charge in [-0.15, -0.1) is 0 Å². The number of phenolic OH excluding ortho intramolecular Hbond substituents is 1. The van der Waals surface area contributed by atoms with Crippen molar-refractivity contribution in [3.63, 3.8) is 0 Å². The molecule has 130 valence electrons. The molecule has 1 aliphatic heterocycles. The first kappa shape index (κ1) is 18.4. The molecule has 7 heteroatoms. The summed E-state index contributed by atoms with van der Waals surface area (Å²) in [5.41, 5.74) is 1.13. The van der Waals surface area contributed by atoms with Gasteiger partial charge in [0, 0.05) is 13.1 Å². The Morgan fingerprint density at radius 1 is 1.08 bits per heavy atom. The van der Waals surface area contributed by atoms with Crippen LogP contribution in [0.2, 0.25) is 0 Å². The number of likely N-dealkylation sites (N-methyl/N-ethyl adjacent to an activating group) is 1. The predicted octanol–water partition coefficient (Wildman–Crippen LogP) is 2.33. The zero-order chi connectivity index (χ0) is 17.6. The third-order valence-corrected chi connectivity index (χ3v) is 4.44. The molecule has 24 heavy (non-hydrogen) atoms. The van der Waals surface area contributed by atoms with E-state index in [4.69, 9.17) is 14.4 Å². The summed E-state index contributed by atoms with van der Waals surface area (Å²) in [6, 6.07) is 14.7. The Labute approximate surface area is 142 Å². The molecule has 0 aromatic heterocycles. The number of phenols is 1. The zero-order valence-electron chi connectivity index (χ0n) is 13.4. The van der Waals surface area contributed by atoms with Crippen LogP contribution in [0, 0.1) is 0 Å². The van der Waals surface area contributed by atoms with Crippen LogP contribution in [0.15, 0.2) is 59.5 Å². The Hall–Kier alpha value is -1.93. The molecule has 2 aromatic carbocycles. The fourth-order valence-electron chi connectivity index (χ4n) is 2.26. The van der Waals surface area contributed by atoms with E-state index in [0.717, 1.165) is 25.3 Å². The Bertz CT molecular complexity index is 731. The van der Waals surface area contributed by atoms with E-state index in [1.807, 2.05) is 12.1 Å². The van der Waals surface area contributed by atoms with Crippen LogP contribution in [0.4, 0.5) is 0 Å². The molecule has 1 atom stereocenters. The minimum Gasteiger partial charge on any atom is -0.508 e. The SMILES string of the molecule is CN1CCO[C@@H](c2ccc(O)cc2)C1.O=S(=O)(O)c1ccccc1. The molecule has 2 aromatic rings. The molecule has 0 spiro atoms. The summed E-state index contributed by atoms with van der Waals surface area (Å²) in [6.45, 7) is 2.70. The highest BCUT2D eigenvalue weighted by Crippen LogP contribution is 2.23. The summed E-state index contributed by atoms with van der Waals surface area (Å²) in [6.07, 6.45) is 0.148. The molecule has 1 fully saturated rings. The van der Waals surface area contributed by atoms with Gasteiger partial charge in [0.2, 0.25) is 0 Å². The maximum atomic E-state index is 10.4. The van der Waals surface area contributed by atoms with Crippen LogP contribution in [0.1, 0.15) is 11.7 Å². The second kappa shape index (κ2) is 8.25. The van der Waals surface area contributed by atoms with Crippen molar-refractivity contribution in [2.24, 2.45) is 0 Å². The topological polar surface area (TPSA) is 87.1 Å². The van der Waals surface area contributed by atoms with Crippen molar-refractivity contribution in [3.8, 4) is 5.75 Å². The average Bonchev–Trinajstić information content (AvgIpc) is 2.56. The molecule has 0 radical (unpaired) electrons. The van der Waals surface area contributed by atoms with Crippen LogP contribution in [0.3, 0.4) is 0 Å². The van der Waals surface area contributed by atoms with Crippen molar-refractivity contribution in [2.75, 3.05) is 26.7 Å². The number of ether oxygens (including phenoxy) is 1. The van der Waals surface area contributed by atoms with E-state index in [1.54, 1.807) is 30.3 Å². The van der Waals surface area contributed by atoms with Crippen LogP contribution in [-0.2, 0) is 14.9 Å². The Morgan fingerprint density at radius 2 is 1.71 bits per heavy atom. The number of nitrogens with zero attached hydrogens (tertiary/aromatic N) is 1. The van der Waals surface area contributed by atoms with Crippen molar-refractivity contribution in [1.29, 1.82) is 0 Å². The van der Waals surface area contributed by atoms with Gasteiger partial charge in [-0.2, -0.15) is 8.42 Å². The van der Waals surface area contributed by atoms with Crippen molar-refractivity contribution >= 4 is 10.1 Å². The standard InChI is InChI=1S/C11H15NO2.C6H6O3S/c1-12-6-7-14-11(8-12)9-2-4-10(13)5-3-9;7-10(8,9)6-4-2-1-3-5-6/h2-5,11,13H,6-8H2,1H3;1-5H,(H,7,8,9)/t11-;/m1./s1. The van der Waals surface area contributed by atoms with E-state index in [0.29, 0.717) is 5.75 Å². The van der Waals surface area contributed by atoms with Crippen LogP contribution in [0.5, 0.6) is 5.75 Å². The third kappa shape index (κ3) is 5.61. The molecule has 1 heterocycles. The lowest BCUT2D eigenvalue weighted by Crippen LogP contribution is -2.35. The van der Waals surface area contributed by atoms with E-state index in [-0.39, 0.29) is 11.0 Å². The number of benzene rings is 2. The van der Waals surface area contributed by atoms with Gasteiger partial charge in [0.25, 0.3) is 10.1 Å². The van der Waals surface area contributed by atoms with Gasteiger partial charge in [0.05, 0.1) is 17.6 Å². The van der Waals surface area contributed by atoms with Gasteiger partial charge < -0.3 is 14.7 Å². The molecule has 0 aliphatic carbocycles. The minimum atomic E-state index is -4.00. The van der Waals surface area contributed by atoms with Gasteiger partial charge in [-0.25, -0.2) is 0 Å². The second-order valence-corrected chi connectivity index (χ2v) is 6.92. The third-order valence-electron chi connectivity index (χ3n) is 3.58. The lowest BCUT2D eigenvalue weighted by atomic mass is 10.1. The highest BCUT2D eigenvalue weighted by molar-refractivity contribution is 7.85. The summed E-state index contributed by atoms with van der Waals surface area (Å²) in [5, 5.41) is 9.16. The fraction of sp³-hybridized carbons (Fsp3) is 0.294. The molecule has 0 amide bonds. The van der Waals surface area contributed by atoms with Gasteiger partial charge in [-0.3, -0.25) is 4.55 Å². The number of aromatic hydroxyl groups is 1. The number of morpholine rings is 1. The van der Waals surface area contributed by atoms with Gasteiger partial charge in [-0.05, 0) is 36.9 Å². The largest absolute Gasteiger partial charge is 0.508 e. The Balaban J connectivity index is 0.000000185. The smallest absolute Gasteiger partial charge is 0.294 e. The monoisotopic (exact) mass is 351 g/mol. The minimum absolute atomic E-state index is 0.0741. The van der Waals surface area contributed by atoms with Gasteiger partial charge >= 0.3 is 0 Å². The lowest BCUT2D eigenvalue weighted by Gasteiger charge is -2.30. The van der Waals surface area contributed by atoms with E-state index in [9.17, 15) is 8.42 Å². The van der Waals surface area contributed by atoms with Crippen molar-refractivity contribution in [1.82, 2.24) is 4.90 Å². The summed E-state index contributed by atoms with van der Waals surface area (Å²) in [4.78, 5) is 2.18. The normalized spacial score (nSPS) is 18.5. The molecule has 0 saturated carbocycles. The number of hydrogen-bond acceptors (Lipinski definition) is 5. The molecular weight excluding hydrogens is 330 g/mol. The van der Waals surface area contributed by atoms with E-state index in [1.165, 1.54) is 12.1 Å². The summed E-state index contributed by atoms with van der Waals surface area (Å²) in [7, 11) is -1.91. The molecule has 3 rings (SSSR count). The average molecular weight is 351 g/mol. The second-order valence-electron chi connectivity index (χ2n) is 5.50. The maximum Gasteiger partial charge on any atom is 0.294 e. The zero-order valence-corrected chi connectivity index (χ0v) is 14.2. The van der Waals surface area contributed by atoms with E-state index in [2.05, 4.69) is 11.9 Å². The van der Waals surface area contributed by atoms with Gasteiger partial charge in [0.15, 0.2) is 0 Å². The molecule has 2 N–H and O–H groups in total. The lowest BCUT2D eigenvalue weighted by molar-refractivity contribution is -0.0209. The van der Waals surface area contributed by atoms with Crippen molar-refractivity contribution in [3.05, 3.63) is 60.2 Å². The van der Waals surface area contributed by atoms with Gasteiger partial charge in [-0.1, -0.05) is 30.3 Å². The summed E-state index contributed by atoms with van der Waals surface area (Å²) >= 11 is 0. The number of hydrogen-bond donors (Lipinski definition) is 2. The highest BCUT2D eigenvalue weighted by atomic mass is 32.2. The van der Waals surface area contributed by atoms with Crippen LogP contribution in [-0.4, -0.2) is 49.7 Å². The first-order valence-corrected chi connectivity index (χ1v) is 8.92. The summed E-state index contributed by atoms with van der Waals surface area (Å²) < 4.78 is 34.9. The molecule has 0 unspecified atom stereocenters. The molecule has 1 saturated heterocycles. The van der Waals surface area contributed by atoms with Crippen molar-refractivity contribution < 1.29 is 22.8 Å². The maximum absolute atomic E-state index is 10.4. The van der Waals surface area contributed by atoms with E-state index < -0.39 is 10.1 Å². The quantitative estimate of drug-likeness (QED) is 0.808. The Morgan fingerprint density at radius 3 is 2.21 bits per heavy atom. The molecule has 6 nitrogen and oxygen atoms in total. The number of rotatable bonds is 2. The molecular formula is C17H21NO5S. The van der Waals surface area contributed by atoms with Crippen LogP contribution < -0.4 is 0 Å². The molecule has 1 aliphatic rings. The van der Waals surface area contributed by atoms with E-state index >= 15 is 0 Å². The van der Waals surface area contributed by atoms with Crippen LogP contribution in [0.25, 0.3) is 0 Å². The van der Waals surface area contributed by atoms with Crippen LogP contribution >= 0.6 is 0 Å². The molecule has 0 bridgehead atoms. The first-order chi connectivity index (χ1) is 11.4.